The number of carbonyl (C=O) groups is 2. The molecular weight excluding hydrogens is 346 g/mol. The van der Waals surface area contributed by atoms with Gasteiger partial charge in [-0.1, -0.05) is 19.1 Å². The van der Waals surface area contributed by atoms with E-state index < -0.39 is 6.09 Å². The summed E-state index contributed by atoms with van der Waals surface area (Å²) in [4.78, 5) is 31.6. The molecule has 2 atom stereocenters. The molecule has 0 unspecified atom stereocenters. The van der Waals surface area contributed by atoms with Gasteiger partial charge in [0.1, 0.15) is 5.82 Å². The van der Waals surface area contributed by atoms with E-state index in [1.165, 1.54) is 7.11 Å². The zero-order chi connectivity index (χ0) is 19.4. The van der Waals surface area contributed by atoms with Gasteiger partial charge in [-0.05, 0) is 30.5 Å². The van der Waals surface area contributed by atoms with Crippen LogP contribution in [0.5, 0.6) is 0 Å². The summed E-state index contributed by atoms with van der Waals surface area (Å²) in [5, 5.41) is 5.52. The van der Waals surface area contributed by atoms with E-state index >= 15 is 0 Å². The lowest BCUT2D eigenvalue weighted by molar-refractivity contribution is -0.116. The van der Waals surface area contributed by atoms with Crippen molar-refractivity contribution in [2.24, 2.45) is 11.7 Å². The number of aromatic nitrogens is 2. The average molecular weight is 369 g/mol. The molecule has 27 heavy (non-hydrogen) atoms. The number of hydrogen-bond acceptors (Lipinski definition) is 5. The highest BCUT2D eigenvalue weighted by Crippen LogP contribution is 2.31. The van der Waals surface area contributed by atoms with E-state index in [0.29, 0.717) is 35.7 Å². The van der Waals surface area contributed by atoms with Crippen molar-refractivity contribution in [2.75, 3.05) is 17.7 Å². The number of nitrogens with two attached hydrogens (primary N) is 1. The first-order valence-electron chi connectivity index (χ1n) is 8.73. The smallest absolute Gasteiger partial charge is 0.411 e. The fraction of sp³-hybridized carbons (Fsp3) is 0.316. The Balaban J connectivity index is 2.02. The highest BCUT2D eigenvalue weighted by molar-refractivity contribution is 5.97. The molecule has 0 radical (unpaired) electrons. The summed E-state index contributed by atoms with van der Waals surface area (Å²) in [6.07, 6.45) is 6.10. The number of amides is 2. The van der Waals surface area contributed by atoms with E-state index in [1.807, 2.05) is 19.1 Å². The van der Waals surface area contributed by atoms with Gasteiger partial charge in [0.05, 0.1) is 24.5 Å². The Morgan fingerprint density at radius 2 is 2.22 bits per heavy atom. The molecule has 2 heterocycles. The number of aromatic amines is 1. The molecule has 8 nitrogen and oxygen atoms in total. The van der Waals surface area contributed by atoms with Crippen LogP contribution in [0.15, 0.2) is 36.5 Å². The summed E-state index contributed by atoms with van der Waals surface area (Å²) in [7, 11) is 1.29. The molecule has 5 N–H and O–H groups in total. The molecule has 3 rings (SSSR count). The van der Waals surface area contributed by atoms with E-state index in [1.54, 1.807) is 24.4 Å². The van der Waals surface area contributed by atoms with Gasteiger partial charge < -0.3 is 20.8 Å². The topological polar surface area (TPSA) is 122 Å². The van der Waals surface area contributed by atoms with Crippen molar-refractivity contribution in [3.8, 4) is 11.3 Å². The molecule has 1 aliphatic rings. The third-order valence-corrected chi connectivity index (χ3v) is 4.31. The maximum Gasteiger partial charge on any atom is 0.411 e. The minimum absolute atomic E-state index is 0.0732. The van der Waals surface area contributed by atoms with E-state index in [0.717, 1.165) is 5.56 Å². The number of methoxy groups -OCH3 is 1. The minimum Gasteiger partial charge on any atom is -0.453 e. The van der Waals surface area contributed by atoms with Gasteiger partial charge in [0, 0.05) is 23.9 Å². The van der Waals surface area contributed by atoms with Crippen LogP contribution in [-0.2, 0) is 9.53 Å². The number of benzene rings is 1. The maximum absolute atomic E-state index is 12.5. The second kappa shape index (κ2) is 8.05. The quantitative estimate of drug-likeness (QED) is 0.575. The van der Waals surface area contributed by atoms with Crippen LogP contribution in [0.25, 0.3) is 11.3 Å². The van der Waals surface area contributed by atoms with Gasteiger partial charge in [-0.3, -0.25) is 10.1 Å². The number of hydrogen-bond donors (Lipinski definition) is 4. The number of nitrogens with one attached hydrogen (secondary N) is 3. The predicted octanol–water partition coefficient (Wildman–Crippen LogP) is 3.18. The number of carbonyl (C=O) groups excluding carboxylic acids is 2. The SMILES string of the molecule is COC(=O)Nc1ccc2c(c1)NC(=O)C[C@H](C)/C=C/C[C@H](N)c1nc-2c[nH]1. The van der Waals surface area contributed by atoms with Crippen LogP contribution in [0.1, 0.15) is 31.6 Å². The summed E-state index contributed by atoms with van der Waals surface area (Å²) >= 11 is 0. The highest BCUT2D eigenvalue weighted by Gasteiger charge is 2.17. The molecule has 0 fully saturated rings. The number of allylic oxidation sites excluding steroid dienone is 1. The first-order chi connectivity index (χ1) is 13.0. The van der Waals surface area contributed by atoms with Crippen molar-refractivity contribution in [2.45, 2.75) is 25.8 Å². The van der Waals surface area contributed by atoms with Gasteiger partial charge in [-0.25, -0.2) is 9.78 Å². The summed E-state index contributed by atoms with van der Waals surface area (Å²) < 4.78 is 4.62. The highest BCUT2D eigenvalue weighted by atomic mass is 16.5. The van der Waals surface area contributed by atoms with E-state index in [4.69, 9.17) is 5.73 Å². The third-order valence-electron chi connectivity index (χ3n) is 4.31. The molecule has 8 heteroatoms. The second-order valence-corrected chi connectivity index (χ2v) is 6.55. The number of nitrogens with zero attached hydrogens (tertiary/aromatic N) is 1. The fourth-order valence-corrected chi connectivity index (χ4v) is 2.91. The van der Waals surface area contributed by atoms with Gasteiger partial charge in [0.25, 0.3) is 0 Å². The van der Waals surface area contributed by atoms with Gasteiger partial charge >= 0.3 is 6.09 Å². The molecule has 0 saturated heterocycles. The monoisotopic (exact) mass is 369 g/mol. The Kier molecular flexibility index (Phi) is 5.56. The number of H-pyrrole nitrogens is 1. The molecule has 0 saturated carbocycles. The molecule has 2 aromatic rings. The van der Waals surface area contributed by atoms with Crippen LogP contribution >= 0.6 is 0 Å². The molecule has 2 bridgehead atoms. The summed E-state index contributed by atoms with van der Waals surface area (Å²) in [6.45, 7) is 1.97. The van der Waals surface area contributed by atoms with Gasteiger partial charge in [0.2, 0.25) is 5.91 Å². The van der Waals surface area contributed by atoms with Crippen molar-refractivity contribution < 1.29 is 14.3 Å². The Bertz CT molecular complexity index is 874. The zero-order valence-corrected chi connectivity index (χ0v) is 15.3. The van der Waals surface area contributed by atoms with Crippen molar-refractivity contribution in [3.05, 3.63) is 42.4 Å². The molecular formula is C19H23N5O3. The van der Waals surface area contributed by atoms with E-state index in [9.17, 15) is 9.59 Å². The summed E-state index contributed by atoms with van der Waals surface area (Å²) in [5.41, 5.74) is 8.65. The Labute approximate surface area is 157 Å². The summed E-state index contributed by atoms with van der Waals surface area (Å²) in [5.74, 6) is 0.627. The van der Waals surface area contributed by atoms with Crippen molar-refractivity contribution >= 4 is 23.4 Å². The molecule has 0 spiro atoms. The van der Waals surface area contributed by atoms with Crippen LogP contribution in [0, 0.1) is 5.92 Å². The Morgan fingerprint density at radius 3 is 3.00 bits per heavy atom. The maximum atomic E-state index is 12.5. The number of ether oxygens (including phenoxy) is 1. The number of imidazole rings is 1. The van der Waals surface area contributed by atoms with Crippen LogP contribution in [0.2, 0.25) is 0 Å². The van der Waals surface area contributed by atoms with Crippen molar-refractivity contribution in [1.82, 2.24) is 9.97 Å². The summed E-state index contributed by atoms with van der Waals surface area (Å²) in [6, 6.07) is 4.93. The average Bonchev–Trinajstić information content (AvgIpc) is 3.11. The molecule has 1 aromatic heterocycles. The van der Waals surface area contributed by atoms with Crippen LogP contribution in [0.3, 0.4) is 0 Å². The minimum atomic E-state index is -0.585. The third kappa shape index (κ3) is 4.53. The normalized spacial score (nSPS) is 20.9. The molecule has 2 amide bonds. The number of rotatable bonds is 1. The van der Waals surface area contributed by atoms with Crippen molar-refractivity contribution in [1.29, 1.82) is 0 Å². The van der Waals surface area contributed by atoms with E-state index in [-0.39, 0.29) is 17.9 Å². The van der Waals surface area contributed by atoms with Gasteiger partial charge in [0.15, 0.2) is 0 Å². The van der Waals surface area contributed by atoms with Crippen LogP contribution in [0.4, 0.5) is 16.2 Å². The Hall–Kier alpha value is -3.13. The lowest BCUT2D eigenvalue weighted by atomic mass is 10.0. The number of anilines is 2. The largest absolute Gasteiger partial charge is 0.453 e. The molecule has 0 aliphatic carbocycles. The predicted molar refractivity (Wildman–Crippen MR) is 103 cm³/mol. The second-order valence-electron chi connectivity index (χ2n) is 6.55. The van der Waals surface area contributed by atoms with E-state index in [2.05, 4.69) is 25.3 Å². The first-order valence-corrected chi connectivity index (χ1v) is 8.73. The van der Waals surface area contributed by atoms with Crippen LogP contribution in [-0.4, -0.2) is 29.1 Å². The standard InChI is InChI=1S/C19H23N5O3/c1-11-4-3-5-14(20)18-21-10-16(24-18)13-7-6-12(22-19(26)27-2)9-15(13)23-17(25)8-11/h3-4,6-7,9-11,14H,5,8,20H2,1-2H3,(H,21,24)(H,22,26)(H,23,25)/b4-3+/t11-,14+/m1/s1. The molecule has 1 aliphatic heterocycles. The van der Waals surface area contributed by atoms with Crippen molar-refractivity contribution in [3.63, 3.8) is 0 Å². The number of fused-ring (bicyclic) bond motifs is 4. The molecule has 142 valence electrons. The lowest BCUT2D eigenvalue weighted by Gasteiger charge is -2.13. The zero-order valence-electron chi connectivity index (χ0n) is 15.3. The Morgan fingerprint density at radius 1 is 1.41 bits per heavy atom. The first kappa shape index (κ1) is 18.7. The molecule has 1 aromatic carbocycles. The van der Waals surface area contributed by atoms with Gasteiger partial charge in [-0.15, -0.1) is 0 Å². The lowest BCUT2D eigenvalue weighted by Crippen LogP contribution is -2.16. The van der Waals surface area contributed by atoms with Gasteiger partial charge in [-0.2, -0.15) is 0 Å². The van der Waals surface area contributed by atoms with Crippen LogP contribution < -0.4 is 16.4 Å². The fourth-order valence-electron chi connectivity index (χ4n) is 2.91.